The SMILES string of the molecule is Cc1cc(NCCOC2CCCCC2)ncc1[N+](=O)[O-]. The Bertz CT molecular complexity index is 459. The van der Waals surface area contributed by atoms with Crippen LogP contribution in [0.3, 0.4) is 0 Å². The molecule has 1 aromatic rings. The average Bonchev–Trinajstić information content (AvgIpc) is 2.44. The molecule has 1 aliphatic rings. The van der Waals surface area contributed by atoms with Crippen LogP contribution in [0.1, 0.15) is 37.7 Å². The zero-order chi connectivity index (χ0) is 14.4. The van der Waals surface area contributed by atoms with Gasteiger partial charge in [-0.2, -0.15) is 0 Å². The maximum Gasteiger partial charge on any atom is 0.290 e. The predicted molar refractivity (Wildman–Crippen MR) is 76.9 cm³/mol. The van der Waals surface area contributed by atoms with E-state index in [2.05, 4.69) is 10.3 Å². The number of aryl methyl sites for hydroxylation is 1. The van der Waals surface area contributed by atoms with Crippen LogP contribution in [0.15, 0.2) is 12.3 Å². The fourth-order valence-corrected chi connectivity index (χ4v) is 2.47. The van der Waals surface area contributed by atoms with Gasteiger partial charge in [0.25, 0.3) is 5.69 Å². The van der Waals surface area contributed by atoms with E-state index in [1.807, 2.05) is 0 Å². The molecule has 1 aromatic heterocycles. The summed E-state index contributed by atoms with van der Waals surface area (Å²) in [5.41, 5.74) is 0.662. The topological polar surface area (TPSA) is 77.3 Å². The molecule has 0 aliphatic heterocycles. The Morgan fingerprint density at radius 1 is 1.45 bits per heavy atom. The Morgan fingerprint density at radius 3 is 2.85 bits per heavy atom. The van der Waals surface area contributed by atoms with E-state index in [4.69, 9.17) is 4.74 Å². The number of aromatic nitrogens is 1. The molecule has 1 N–H and O–H groups in total. The standard InChI is InChI=1S/C14H21N3O3/c1-11-9-14(16-10-13(11)17(18)19)15-7-8-20-12-5-3-2-4-6-12/h9-10,12H,2-8H2,1H3,(H,15,16). The van der Waals surface area contributed by atoms with Crippen LogP contribution in [0.4, 0.5) is 11.5 Å². The zero-order valence-corrected chi connectivity index (χ0v) is 11.8. The van der Waals surface area contributed by atoms with E-state index in [9.17, 15) is 10.1 Å². The first kappa shape index (κ1) is 14.7. The average molecular weight is 279 g/mol. The van der Waals surface area contributed by atoms with E-state index in [0.717, 1.165) is 12.8 Å². The molecule has 0 amide bonds. The van der Waals surface area contributed by atoms with Crippen LogP contribution in [0.25, 0.3) is 0 Å². The van der Waals surface area contributed by atoms with Crippen LogP contribution in [0.5, 0.6) is 0 Å². The van der Waals surface area contributed by atoms with Crippen LogP contribution in [0, 0.1) is 17.0 Å². The van der Waals surface area contributed by atoms with Gasteiger partial charge in [-0.3, -0.25) is 10.1 Å². The number of nitrogens with zero attached hydrogens (tertiary/aromatic N) is 2. The van der Waals surface area contributed by atoms with Gasteiger partial charge in [0, 0.05) is 12.1 Å². The van der Waals surface area contributed by atoms with Crippen molar-refractivity contribution in [2.45, 2.75) is 45.1 Å². The quantitative estimate of drug-likeness (QED) is 0.492. The molecular formula is C14H21N3O3. The third-order valence-corrected chi connectivity index (χ3v) is 3.59. The first-order chi connectivity index (χ1) is 9.66. The Morgan fingerprint density at radius 2 is 2.20 bits per heavy atom. The van der Waals surface area contributed by atoms with Gasteiger partial charge in [0.15, 0.2) is 0 Å². The lowest BCUT2D eigenvalue weighted by Gasteiger charge is -2.22. The molecule has 0 spiro atoms. The first-order valence-electron chi connectivity index (χ1n) is 7.13. The summed E-state index contributed by atoms with van der Waals surface area (Å²) in [6.07, 6.45) is 7.87. The molecule has 0 bridgehead atoms. The van der Waals surface area contributed by atoms with E-state index in [1.165, 1.54) is 25.5 Å². The highest BCUT2D eigenvalue weighted by molar-refractivity contribution is 5.46. The molecule has 0 radical (unpaired) electrons. The minimum Gasteiger partial charge on any atom is -0.376 e. The summed E-state index contributed by atoms with van der Waals surface area (Å²) in [5, 5.41) is 13.8. The number of pyridine rings is 1. The van der Waals surface area contributed by atoms with Gasteiger partial charge in [0.2, 0.25) is 0 Å². The monoisotopic (exact) mass is 279 g/mol. The fraction of sp³-hybridized carbons (Fsp3) is 0.643. The zero-order valence-electron chi connectivity index (χ0n) is 11.8. The van der Waals surface area contributed by atoms with E-state index in [-0.39, 0.29) is 5.69 Å². The smallest absolute Gasteiger partial charge is 0.290 e. The minimum atomic E-state index is -0.418. The molecule has 1 aliphatic carbocycles. The summed E-state index contributed by atoms with van der Waals surface area (Å²) in [7, 11) is 0. The summed E-state index contributed by atoms with van der Waals surface area (Å²) in [5.74, 6) is 0.653. The molecule has 20 heavy (non-hydrogen) atoms. The van der Waals surface area contributed by atoms with Crippen molar-refractivity contribution in [2.75, 3.05) is 18.5 Å². The minimum absolute atomic E-state index is 0.0500. The van der Waals surface area contributed by atoms with E-state index in [0.29, 0.717) is 30.6 Å². The van der Waals surface area contributed by atoms with Crippen molar-refractivity contribution >= 4 is 11.5 Å². The van der Waals surface area contributed by atoms with Crippen LogP contribution in [-0.4, -0.2) is 29.2 Å². The highest BCUT2D eigenvalue weighted by Gasteiger charge is 2.13. The Balaban J connectivity index is 1.73. The van der Waals surface area contributed by atoms with Crippen molar-refractivity contribution < 1.29 is 9.66 Å². The van der Waals surface area contributed by atoms with Gasteiger partial charge in [0.05, 0.1) is 17.6 Å². The molecule has 0 saturated heterocycles. The molecule has 110 valence electrons. The molecule has 6 nitrogen and oxygen atoms in total. The van der Waals surface area contributed by atoms with Gasteiger partial charge >= 0.3 is 0 Å². The number of ether oxygens (including phenoxy) is 1. The van der Waals surface area contributed by atoms with Crippen molar-refractivity contribution in [3.63, 3.8) is 0 Å². The fourth-order valence-electron chi connectivity index (χ4n) is 2.47. The maximum absolute atomic E-state index is 10.7. The normalized spacial score (nSPS) is 16.1. The van der Waals surface area contributed by atoms with Crippen molar-refractivity contribution in [1.82, 2.24) is 4.98 Å². The molecule has 0 aromatic carbocycles. The van der Waals surface area contributed by atoms with Crippen molar-refractivity contribution in [1.29, 1.82) is 0 Å². The lowest BCUT2D eigenvalue weighted by Crippen LogP contribution is -2.20. The molecular weight excluding hydrogens is 258 g/mol. The van der Waals surface area contributed by atoms with Crippen LogP contribution >= 0.6 is 0 Å². The van der Waals surface area contributed by atoms with Crippen molar-refractivity contribution in [3.8, 4) is 0 Å². The van der Waals surface area contributed by atoms with Crippen molar-refractivity contribution in [3.05, 3.63) is 27.9 Å². The first-order valence-corrected chi connectivity index (χ1v) is 7.13. The molecule has 6 heteroatoms. The van der Waals surface area contributed by atoms with E-state index >= 15 is 0 Å². The number of anilines is 1. The largest absolute Gasteiger partial charge is 0.376 e. The summed E-state index contributed by atoms with van der Waals surface area (Å²) in [6.45, 7) is 3.02. The highest BCUT2D eigenvalue weighted by atomic mass is 16.6. The Hall–Kier alpha value is -1.69. The van der Waals surface area contributed by atoms with Gasteiger partial charge in [-0.1, -0.05) is 19.3 Å². The van der Waals surface area contributed by atoms with Gasteiger partial charge < -0.3 is 10.1 Å². The molecule has 0 unspecified atom stereocenters. The summed E-state index contributed by atoms with van der Waals surface area (Å²) in [4.78, 5) is 14.3. The second-order valence-corrected chi connectivity index (χ2v) is 5.17. The lowest BCUT2D eigenvalue weighted by molar-refractivity contribution is -0.385. The Labute approximate surface area is 118 Å². The highest BCUT2D eigenvalue weighted by Crippen LogP contribution is 2.20. The number of rotatable bonds is 6. The van der Waals surface area contributed by atoms with E-state index < -0.39 is 4.92 Å². The van der Waals surface area contributed by atoms with Crippen LogP contribution < -0.4 is 5.32 Å². The summed E-state index contributed by atoms with van der Waals surface area (Å²) in [6, 6.07) is 1.69. The summed E-state index contributed by atoms with van der Waals surface area (Å²) < 4.78 is 5.80. The molecule has 2 rings (SSSR count). The molecule has 1 fully saturated rings. The Kier molecular flexibility index (Phi) is 5.29. The third-order valence-electron chi connectivity index (χ3n) is 3.59. The molecule has 1 heterocycles. The van der Waals surface area contributed by atoms with Crippen LogP contribution in [-0.2, 0) is 4.74 Å². The lowest BCUT2D eigenvalue weighted by atomic mass is 9.98. The third kappa shape index (κ3) is 4.16. The second kappa shape index (κ2) is 7.19. The number of nitro groups is 1. The molecule has 0 atom stereocenters. The van der Waals surface area contributed by atoms with Gasteiger partial charge in [0.1, 0.15) is 12.0 Å². The van der Waals surface area contributed by atoms with Gasteiger partial charge in [-0.25, -0.2) is 4.98 Å². The van der Waals surface area contributed by atoms with Crippen molar-refractivity contribution in [2.24, 2.45) is 0 Å². The number of hydrogen-bond donors (Lipinski definition) is 1. The van der Waals surface area contributed by atoms with Crippen LogP contribution in [0.2, 0.25) is 0 Å². The van der Waals surface area contributed by atoms with Gasteiger partial charge in [-0.15, -0.1) is 0 Å². The van der Waals surface area contributed by atoms with Gasteiger partial charge in [-0.05, 0) is 25.8 Å². The number of hydrogen-bond acceptors (Lipinski definition) is 5. The summed E-state index contributed by atoms with van der Waals surface area (Å²) >= 11 is 0. The number of nitrogens with one attached hydrogen (secondary N) is 1. The second-order valence-electron chi connectivity index (χ2n) is 5.17. The predicted octanol–water partition coefficient (Wildman–Crippen LogP) is 3.06. The molecule has 1 saturated carbocycles. The van der Waals surface area contributed by atoms with E-state index in [1.54, 1.807) is 13.0 Å². The maximum atomic E-state index is 10.7.